The molecular weight excluding hydrogens is 308 g/mol. The van der Waals surface area contributed by atoms with Gasteiger partial charge in [-0.05, 0) is 58.2 Å². The smallest absolute Gasteiger partial charge is 0.130 e. The van der Waals surface area contributed by atoms with Gasteiger partial charge < -0.3 is 14.9 Å². The van der Waals surface area contributed by atoms with Gasteiger partial charge in [0.05, 0.1) is 4.47 Å². The summed E-state index contributed by atoms with van der Waals surface area (Å²) in [4.78, 5) is 0. The van der Waals surface area contributed by atoms with Crippen molar-refractivity contribution in [2.24, 2.45) is 0 Å². The van der Waals surface area contributed by atoms with E-state index in [0.29, 0.717) is 16.0 Å². The van der Waals surface area contributed by atoms with Crippen molar-refractivity contribution in [1.29, 1.82) is 0 Å². The fourth-order valence-electron chi connectivity index (χ4n) is 1.75. The minimum Gasteiger partial charge on any atom is -0.508 e. The lowest BCUT2D eigenvalue weighted by molar-refractivity contribution is 0.451. The number of halogens is 1. The number of hydrogen-bond acceptors (Lipinski definition) is 3. The molecular formula is C15H15BrO3. The average Bonchev–Trinajstić information content (AvgIpc) is 2.36. The highest BCUT2D eigenvalue weighted by Gasteiger charge is 2.08. The van der Waals surface area contributed by atoms with E-state index in [9.17, 15) is 10.2 Å². The molecule has 0 heterocycles. The Bertz CT molecular complexity index is 594. The number of aromatic hydroxyl groups is 2. The summed E-state index contributed by atoms with van der Waals surface area (Å²) in [5.41, 5.74) is 0.843. The third-order valence-electron chi connectivity index (χ3n) is 2.78. The summed E-state index contributed by atoms with van der Waals surface area (Å²) in [6.45, 7) is 4.02. The summed E-state index contributed by atoms with van der Waals surface area (Å²) in [7, 11) is 0. The molecule has 0 aliphatic rings. The van der Waals surface area contributed by atoms with Gasteiger partial charge in [-0.15, -0.1) is 0 Å². The monoisotopic (exact) mass is 322 g/mol. The number of benzene rings is 2. The molecule has 2 aromatic rings. The summed E-state index contributed by atoms with van der Waals surface area (Å²) in [5, 5.41) is 19.2. The molecule has 0 saturated heterocycles. The second-order valence-corrected chi connectivity index (χ2v) is 5.44. The van der Waals surface area contributed by atoms with Crippen molar-refractivity contribution in [2.75, 3.05) is 0 Å². The van der Waals surface area contributed by atoms with E-state index in [2.05, 4.69) is 15.9 Å². The van der Waals surface area contributed by atoms with Crippen molar-refractivity contribution in [1.82, 2.24) is 0 Å². The quantitative estimate of drug-likeness (QED) is 0.855. The predicted octanol–water partition coefficient (Wildman–Crippen LogP) is 4.78. The molecule has 19 heavy (non-hydrogen) atoms. The number of hydrogen-bond donors (Lipinski definition) is 2. The molecule has 0 atom stereocenters. The number of phenolic OH excluding ortho intramolecular Hbond substituents is 2. The Morgan fingerprint density at radius 1 is 0.947 bits per heavy atom. The zero-order valence-corrected chi connectivity index (χ0v) is 12.3. The topological polar surface area (TPSA) is 49.7 Å². The van der Waals surface area contributed by atoms with Gasteiger partial charge in [0.25, 0.3) is 0 Å². The van der Waals surface area contributed by atoms with E-state index in [1.54, 1.807) is 30.3 Å². The van der Waals surface area contributed by atoms with Gasteiger partial charge >= 0.3 is 0 Å². The van der Waals surface area contributed by atoms with E-state index in [0.717, 1.165) is 5.56 Å². The van der Waals surface area contributed by atoms with E-state index in [-0.39, 0.29) is 17.4 Å². The second kappa shape index (κ2) is 5.53. The van der Waals surface area contributed by atoms with Gasteiger partial charge in [-0.2, -0.15) is 0 Å². The van der Waals surface area contributed by atoms with Crippen LogP contribution in [0.3, 0.4) is 0 Å². The van der Waals surface area contributed by atoms with Gasteiger partial charge in [0.15, 0.2) is 0 Å². The van der Waals surface area contributed by atoms with Crippen molar-refractivity contribution in [3.05, 3.63) is 46.4 Å². The first kappa shape index (κ1) is 13.7. The number of rotatable bonds is 3. The predicted molar refractivity (Wildman–Crippen MR) is 78.1 cm³/mol. The van der Waals surface area contributed by atoms with E-state index in [1.165, 1.54) is 0 Å². The van der Waals surface area contributed by atoms with Gasteiger partial charge in [-0.25, -0.2) is 0 Å². The molecule has 100 valence electrons. The molecule has 0 radical (unpaired) electrons. The van der Waals surface area contributed by atoms with Gasteiger partial charge in [0, 0.05) is 5.56 Å². The maximum absolute atomic E-state index is 9.76. The Morgan fingerprint density at radius 2 is 1.53 bits per heavy atom. The van der Waals surface area contributed by atoms with Gasteiger partial charge in [-0.3, -0.25) is 0 Å². The normalized spacial score (nSPS) is 10.7. The van der Waals surface area contributed by atoms with Crippen LogP contribution < -0.4 is 4.74 Å². The van der Waals surface area contributed by atoms with Crippen molar-refractivity contribution >= 4 is 15.9 Å². The molecule has 2 rings (SSSR count). The molecule has 0 unspecified atom stereocenters. The molecule has 0 spiro atoms. The minimum absolute atomic E-state index is 0.168. The molecule has 0 bridgehead atoms. The Labute approximate surface area is 120 Å². The summed E-state index contributed by atoms with van der Waals surface area (Å²) in [6, 6.07) is 10.1. The zero-order valence-electron chi connectivity index (χ0n) is 10.7. The Morgan fingerprint density at radius 3 is 2.11 bits per heavy atom. The van der Waals surface area contributed by atoms with E-state index < -0.39 is 0 Å². The van der Waals surface area contributed by atoms with E-state index in [1.807, 2.05) is 19.9 Å². The lowest BCUT2D eigenvalue weighted by Gasteiger charge is -2.12. The number of phenols is 2. The molecule has 0 amide bonds. The summed E-state index contributed by atoms with van der Waals surface area (Å²) >= 11 is 3.24. The Kier molecular flexibility index (Phi) is 4.00. The van der Waals surface area contributed by atoms with Crippen LogP contribution >= 0.6 is 15.9 Å². The molecule has 0 aliphatic heterocycles. The van der Waals surface area contributed by atoms with Crippen LogP contribution in [0.5, 0.6) is 23.0 Å². The third kappa shape index (κ3) is 3.20. The van der Waals surface area contributed by atoms with Gasteiger partial charge in [-0.1, -0.05) is 13.8 Å². The average molecular weight is 323 g/mol. The van der Waals surface area contributed by atoms with Crippen LogP contribution in [0.4, 0.5) is 0 Å². The molecule has 2 N–H and O–H groups in total. The fourth-order valence-corrected chi connectivity index (χ4v) is 2.10. The van der Waals surface area contributed by atoms with Crippen molar-refractivity contribution in [2.45, 2.75) is 19.8 Å². The molecule has 2 aromatic carbocycles. The largest absolute Gasteiger partial charge is 0.508 e. The summed E-state index contributed by atoms with van der Waals surface area (Å²) in [5.74, 6) is 1.93. The Hall–Kier alpha value is -1.68. The SMILES string of the molecule is CC(C)c1cc(Oc2ccc(O)c(Br)c2)ccc1O. The van der Waals surface area contributed by atoms with Crippen LogP contribution in [0.1, 0.15) is 25.3 Å². The zero-order chi connectivity index (χ0) is 14.0. The van der Waals surface area contributed by atoms with Gasteiger partial charge in [0.1, 0.15) is 23.0 Å². The highest BCUT2D eigenvalue weighted by atomic mass is 79.9. The van der Waals surface area contributed by atoms with Crippen LogP contribution in [0.2, 0.25) is 0 Å². The Balaban J connectivity index is 2.28. The summed E-state index contributed by atoms with van der Waals surface area (Å²) in [6.07, 6.45) is 0. The molecule has 4 heteroatoms. The van der Waals surface area contributed by atoms with Crippen LogP contribution in [-0.2, 0) is 0 Å². The molecule has 0 saturated carbocycles. The lowest BCUT2D eigenvalue weighted by atomic mass is 10.0. The maximum Gasteiger partial charge on any atom is 0.130 e. The standard InChI is InChI=1S/C15H15BrO3/c1-9(2)12-7-10(3-5-14(12)17)19-11-4-6-15(18)13(16)8-11/h3-9,17-18H,1-2H3. The first-order chi connectivity index (χ1) is 8.97. The minimum atomic E-state index is 0.168. The molecule has 0 aromatic heterocycles. The fraction of sp³-hybridized carbons (Fsp3) is 0.200. The van der Waals surface area contributed by atoms with Crippen LogP contribution in [0.15, 0.2) is 40.9 Å². The number of ether oxygens (including phenoxy) is 1. The van der Waals surface area contributed by atoms with Gasteiger partial charge in [0.2, 0.25) is 0 Å². The van der Waals surface area contributed by atoms with Crippen LogP contribution in [0.25, 0.3) is 0 Å². The second-order valence-electron chi connectivity index (χ2n) is 4.59. The first-order valence-electron chi connectivity index (χ1n) is 5.96. The highest BCUT2D eigenvalue weighted by molar-refractivity contribution is 9.10. The van der Waals surface area contributed by atoms with Crippen molar-refractivity contribution in [3.63, 3.8) is 0 Å². The molecule has 0 fully saturated rings. The maximum atomic E-state index is 9.76. The van der Waals surface area contributed by atoms with E-state index >= 15 is 0 Å². The lowest BCUT2D eigenvalue weighted by Crippen LogP contribution is -1.91. The van der Waals surface area contributed by atoms with Crippen molar-refractivity contribution in [3.8, 4) is 23.0 Å². The summed E-state index contributed by atoms with van der Waals surface area (Å²) < 4.78 is 6.28. The van der Waals surface area contributed by atoms with Crippen LogP contribution in [0, 0.1) is 0 Å². The highest BCUT2D eigenvalue weighted by Crippen LogP contribution is 2.34. The van der Waals surface area contributed by atoms with Crippen LogP contribution in [-0.4, -0.2) is 10.2 Å². The molecule has 3 nitrogen and oxygen atoms in total. The van der Waals surface area contributed by atoms with Crippen molar-refractivity contribution < 1.29 is 14.9 Å². The first-order valence-corrected chi connectivity index (χ1v) is 6.76. The molecule has 0 aliphatic carbocycles. The third-order valence-corrected chi connectivity index (χ3v) is 3.41. The van der Waals surface area contributed by atoms with E-state index in [4.69, 9.17) is 4.74 Å².